The van der Waals surface area contributed by atoms with Gasteiger partial charge in [-0.3, -0.25) is 0 Å². The van der Waals surface area contributed by atoms with Gasteiger partial charge in [-0.15, -0.1) is 0 Å². The second kappa shape index (κ2) is 13.8. The van der Waals surface area contributed by atoms with E-state index in [4.69, 9.17) is 0 Å². The van der Waals surface area contributed by atoms with Crippen LogP contribution in [0.5, 0.6) is 0 Å². The van der Waals surface area contributed by atoms with Gasteiger partial charge in [0.1, 0.15) is 0 Å². The van der Waals surface area contributed by atoms with E-state index in [0.717, 1.165) is 33.2 Å². The zero-order chi connectivity index (χ0) is 25.4. The van der Waals surface area contributed by atoms with E-state index in [1.807, 2.05) is 0 Å². The van der Waals surface area contributed by atoms with Gasteiger partial charge in [0.05, 0.1) is 0 Å². The number of hydrogen-bond acceptors (Lipinski definition) is 0. The van der Waals surface area contributed by atoms with Crippen molar-refractivity contribution in [2.45, 2.75) is 193 Å². The fourth-order valence-electron chi connectivity index (χ4n) is 11.4. The maximum absolute atomic E-state index is 2.63. The summed E-state index contributed by atoms with van der Waals surface area (Å²) in [6.45, 7) is 31.5. The molecule has 198 valence electrons. The minimum absolute atomic E-state index is 1.13. The third-order valence-electron chi connectivity index (χ3n) is 11.8. The Morgan fingerprint density at radius 3 is 0.394 bits per heavy atom. The highest BCUT2D eigenvalue weighted by molar-refractivity contribution is 8.15. The molecular weight excluding hydrogens is 445 g/mol. The van der Waals surface area contributed by atoms with Crippen LogP contribution >= 0.6 is 0 Å². The van der Waals surface area contributed by atoms with Crippen LogP contribution in [-0.2, 0) is 0 Å². The highest BCUT2D eigenvalue weighted by atomic mass is 30.2. The molecule has 1 aliphatic heterocycles. The van der Waals surface area contributed by atoms with Crippen LogP contribution in [0, 0.1) is 0 Å². The first-order valence-electron chi connectivity index (χ1n) is 15.9. The lowest BCUT2D eigenvalue weighted by atomic mass is 10.2. The molecule has 0 unspecified atom stereocenters. The van der Waals surface area contributed by atoms with Crippen molar-refractivity contribution in [1.29, 1.82) is 0 Å². The van der Waals surface area contributed by atoms with Crippen molar-refractivity contribution < 1.29 is 0 Å². The van der Waals surface area contributed by atoms with Crippen molar-refractivity contribution >= 4 is 21.3 Å². The molecule has 0 spiro atoms. The lowest BCUT2D eigenvalue weighted by molar-refractivity contribution is 0.664. The molecule has 0 aromatic heterocycles. The summed E-state index contributed by atoms with van der Waals surface area (Å²) in [5, 5.41) is 0. The third-order valence-corrected chi connectivity index (χ3v) is 72.9. The summed E-state index contributed by atoms with van der Waals surface area (Å²) in [7, 11) is -4.24. The van der Waals surface area contributed by atoms with Gasteiger partial charge in [-0.2, -0.15) is 0 Å². The zero-order valence-electron chi connectivity index (χ0n) is 25.4. The first kappa shape index (κ1) is 31.7. The summed E-state index contributed by atoms with van der Waals surface area (Å²) < 4.78 is 0. The predicted octanol–water partition coefficient (Wildman–Crippen LogP) is 11.7. The van der Waals surface area contributed by atoms with Crippen LogP contribution in [0.1, 0.15) is 160 Å². The molecule has 1 aliphatic rings. The van der Waals surface area contributed by atoms with Gasteiger partial charge < -0.3 is 0 Å². The summed E-state index contributed by atoms with van der Waals surface area (Å²) >= 11 is 0. The first-order valence-corrected chi connectivity index (χ1v) is 25.3. The molecule has 1 saturated heterocycles. The van der Waals surface area contributed by atoms with Crippen LogP contribution in [0.25, 0.3) is 0 Å². The highest BCUT2D eigenvalue weighted by Crippen LogP contribution is 2.81. The van der Waals surface area contributed by atoms with Crippen LogP contribution in [-0.4, -0.2) is 21.3 Å². The van der Waals surface area contributed by atoms with Crippen LogP contribution in [0.2, 0.25) is 33.2 Å². The summed E-state index contributed by atoms with van der Waals surface area (Å²) in [6, 6.07) is 0. The quantitative estimate of drug-likeness (QED) is 0.161. The van der Waals surface area contributed by atoms with Gasteiger partial charge in [0, 0.05) is 21.3 Å². The van der Waals surface area contributed by atoms with Crippen LogP contribution in [0.15, 0.2) is 0 Å². The zero-order valence-corrected chi connectivity index (χ0v) is 28.4. The Balaban J connectivity index is 4.43. The summed E-state index contributed by atoms with van der Waals surface area (Å²) in [5.74, 6) is 0. The van der Waals surface area contributed by atoms with Gasteiger partial charge in [-0.1, -0.05) is 160 Å². The maximum Gasteiger partial charge on any atom is 0.0448 e. The van der Waals surface area contributed by atoms with Crippen molar-refractivity contribution in [2.75, 3.05) is 0 Å². The average Bonchev–Trinajstić information content (AvgIpc) is 3.37. The van der Waals surface area contributed by atoms with Crippen molar-refractivity contribution in [1.82, 2.24) is 0 Å². The Morgan fingerprint density at radius 2 is 0.333 bits per heavy atom. The van der Waals surface area contributed by atoms with Gasteiger partial charge >= 0.3 is 0 Å². The van der Waals surface area contributed by atoms with Crippen molar-refractivity contribution in [2.24, 2.45) is 0 Å². The fourth-order valence-corrected chi connectivity index (χ4v) is 121. The van der Waals surface area contributed by atoms with E-state index in [2.05, 4.69) is 83.1 Å². The summed E-state index contributed by atoms with van der Waals surface area (Å²) in [5.41, 5.74) is 6.77. The van der Waals surface area contributed by atoms with E-state index in [9.17, 15) is 0 Å². The minimum atomic E-state index is -1.41. The molecule has 0 aromatic carbocycles. The molecule has 0 saturated carbocycles. The molecule has 0 radical (unpaired) electrons. The molecule has 0 aliphatic carbocycles. The van der Waals surface area contributed by atoms with Crippen molar-refractivity contribution in [3.8, 4) is 0 Å². The Morgan fingerprint density at radius 1 is 0.242 bits per heavy atom. The SMILES string of the molecule is CCC(CC)[Si]1(C(CC)CC)[Si](C(CC)CC)(C(CC)CC)[Si]1(C(CC)CC)C(CC)CC. The van der Waals surface area contributed by atoms with Crippen molar-refractivity contribution in [3.05, 3.63) is 0 Å². The maximum atomic E-state index is 2.63. The second-order valence-electron chi connectivity index (χ2n) is 11.7. The molecule has 0 bridgehead atoms. The molecule has 1 fully saturated rings. The predicted molar refractivity (Wildman–Crippen MR) is 163 cm³/mol. The lowest BCUT2D eigenvalue weighted by Crippen LogP contribution is -2.48. The van der Waals surface area contributed by atoms with Gasteiger partial charge in [0.15, 0.2) is 0 Å². The highest BCUT2D eigenvalue weighted by Gasteiger charge is 2.95. The summed E-state index contributed by atoms with van der Waals surface area (Å²) in [6.07, 6.45) is 18.0. The monoisotopic (exact) mass is 510 g/mol. The summed E-state index contributed by atoms with van der Waals surface area (Å²) in [4.78, 5) is 0. The van der Waals surface area contributed by atoms with Gasteiger partial charge in [0.2, 0.25) is 0 Å². The average molecular weight is 511 g/mol. The molecule has 1 heterocycles. The van der Waals surface area contributed by atoms with Gasteiger partial charge in [-0.05, 0) is 33.2 Å². The first-order chi connectivity index (χ1) is 15.9. The second-order valence-corrected chi connectivity index (χ2v) is 41.2. The third kappa shape index (κ3) is 4.18. The Bertz CT molecular complexity index is 397. The van der Waals surface area contributed by atoms with Crippen LogP contribution in [0.3, 0.4) is 0 Å². The van der Waals surface area contributed by atoms with Crippen LogP contribution < -0.4 is 0 Å². The molecule has 0 N–H and O–H groups in total. The lowest BCUT2D eigenvalue weighted by Gasteiger charge is -2.43. The minimum Gasteiger partial charge on any atom is -0.0654 e. The van der Waals surface area contributed by atoms with E-state index < -0.39 is 21.3 Å². The molecular formula is C30H66Si3. The van der Waals surface area contributed by atoms with Gasteiger partial charge in [-0.25, -0.2) is 0 Å². The standard InChI is InChI=1S/C30H66Si3/c1-13-25(14-2)31(26(15-3)16-4)32(27(17-5)18-6,28(19-7)20-8)33(31,29(21-9)22-10)30(23-11)24-12/h25-30H,13-24H2,1-12H3. The van der Waals surface area contributed by atoms with E-state index >= 15 is 0 Å². The molecule has 0 atom stereocenters. The Hall–Kier alpha value is 0.651. The largest absolute Gasteiger partial charge is 0.0654 e. The smallest absolute Gasteiger partial charge is 0.0448 e. The molecule has 33 heavy (non-hydrogen) atoms. The number of hydrogen-bond donors (Lipinski definition) is 0. The molecule has 0 nitrogen and oxygen atoms in total. The topological polar surface area (TPSA) is 0 Å². The van der Waals surface area contributed by atoms with E-state index in [1.165, 1.54) is 77.0 Å². The Kier molecular flexibility index (Phi) is 13.3. The normalized spacial score (nSPS) is 19.1. The van der Waals surface area contributed by atoms with Crippen LogP contribution in [0.4, 0.5) is 0 Å². The van der Waals surface area contributed by atoms with E-state index in [-0.39, 0.29) is 0 Å². The fraction of sp³-hybridized carbons (Fsp3) is 1.00. The van der Waals surface area contributed by atoms with E-state index in [0.29, 0.717) is 0 Å². The molecule has 3 heteroatoms. The number of rotatable bonds is 18. The van der Waals surface area contributed by atoms with E-state index in [1.54, 1.807) is 0 Å². The molecule has 0 aromatic rings. The van der Waals surface area contributed by atoms with Crippen molar-refractivity contribution in [3.63, 3.8) is 0 Å². The Labute approximate surface area is 214 Å². The molecule has 0 amide bonds. The van der Waals surface area contributed by atoms with Gasteiger partial charge in [0.25, 0.3) is 0 Å². The molecule has 1 rings (SSSR count).